The minimum absolute atomic E-state index is 0.0546. The zero-order valence-corrected chi connectivity index (χ0v) is 24.0. The van der Waals surface area contributed by atoms with Gasteiger partial charge in [0.25, 0.3) is 17.8 Å². The van der Waals surface area contributed by atoms with Gasteiger partial charge in [0.05, 0.1) is 25.1 Å². The first-order valence-electron chi connectivity index (χ1n) is 14.2. The number of benzene rings is 3. The van der Waals surface area contributed by atoms with Gasteiger partial charge in [0.1, 0.15) is 17.5 Å². The number of pyridine rings is 1. The second-order valence-electron chi connectivity index (χ2n) is 10.6. The second-order valence-corrected chi connectivity index (χ2v) is 10.6. The van der Waals surface area contributed by atoms with E-state index in [1.165, 1.54) is 4.90 Å². The topological polar surface area (TPSA) is 87.1 Å². The second kappa shape index (κ2) is 12.4. The summed E-state index contributed by atoms with van der Waals surface area (Å²) < 4.78 is 62.6. The Labute approximate surface area is 256 Å². The Bertz CT molecular complexity index is 1760. The first-order chi connectivity index (χ1) is 21.8. The molecule has 2 amide bonds. The number of anilines is 2. The SMILES string of the molecule is COc1ccc(CN2C(=O)[C@@H](NC(=O)[C@@H]3CCCN3c3c(F)c(F)nc(F)c3F)N=C(c3ccccc3)c3ccccc32)cc1. The lowest BCUT2D eigenvalue weighted by molar-refractivity contribution is -0.128. The van der Waals surface area contributed by atoms with E-state index in [-0.39, 0.29) is 19.5 Å². The molecular formula is C33H27F4N5O3. The van der Waals surface area contributed by atoms with Crippen LogP contribution in [-0.4, -0.2) is 48.4 Å². The molecule has 1 fully saturated rings. The molecule has 0 aliphatic carbocycles. The van der Waals surface area contributed by atoms with Gasteiger partial charge in [0.15, 0.2) is 0 Å². The highest BCUT2D eigenvalue weighted by Gasteiger charge is 2.39. The van der Waals surface area contributed by atoms with E-state index in [2.05, 4.69) is 10.3 Å². The third-order valence-corrected chi connectivity index (χ3v) is 7.85. The maximum Gasteiger partial charge on any atom is 0.272 e. The fraction of sp³-hybridized carbons (Fsp3) is 0.212. The largest absolute Gasteiger partial charge is 0.497 e. The number of hydrogen-bond acceptors (Lipinski definition) is 6. The number of aromatic nitrogens is 1. The van der Waals surface area contributed by atoms with E-state index in [1.807, 2.05) is 54.6 Å². The predicted molar refractivity (Wildman–Crippen MR) is 159 cm³/mol. The van der Waals surface area contributed by atoms with Crippen molar-refractivity contribution in [3.63, 3.8) is 0 Å². The number of para-hydroxylation sites is 1. The van der Waals surface area contributed by atoms with Gasteiger partial charge in [0, 0.05) is 17.7 Å². The molecular weight excluding hydrogens is 590 g/mol. The molecule has 0 radical (unpaired) electrons. The minimum atomic E-state index is -1.82. The molecule has 0 unspecified atom stereocenters. The fourth-order valence-corrected chi connectivity index (χ4v) is 5.69. The molecule has 230 valence electrons. The highest BCUT2D eigenvalue weighted by molar-refractivity contribution is 6.20. The zero-order valence-electron chi connectivity index (χ0n) is 24.0. The Kier molecular flexibility index (Phi) is 8.20. The number of carbonyl (C=O) groups is 2. The van der Waals surface area contributed by atoms with E-state index in [1.54, 1.807) is 31.4 Å². The third-order valence-electron chi connectivity index (χ3n) is 7.85. The van der Waals surface area contributed by atoms with Crippen molar-refractivity contribution in [2.24, 2.45) is 4.99 Å². The first kappa shape index (κ1) is 29.8. The van der Waals surface area contributed by atoms with Crippen LogP contribution in [0.1, 0.15) is 29.5 Å². The summed E-state index contributed by atoms with van der Waals surface area (Å²) in [5, 5.41) is 2.66. The van der Waals surface area contributed by atoms with Gasteiger partial charge >= 0.3 is 0 Å². The quantitative estimate of drug-likeness (QED) is 0.229. The van der Waals surface area contributed by atoms with E-state index < -0.39 is 53.2 Å². The van der Waals surface area contributed by atoms with Crippen LogP contribution in [0.3, 0.4) is 0 Å². The van der Waals surface area contributed by atoms with Crippen molar-refractivity contribution in [2.75, 3.05) is 23.5 Å². The number of fused-ring (bicyclic) bond motifs is 1. The average Bonchev–Trinajstić information content (AvgIpc) is 3.51. The van der Waals surface area contributed by atoms with Crippen molar-refractivity contribution in [1.29, 1.82) is 0 Å². The summed E-state index contributed by atoms with van der Waals surface area (Å²) in [5.41, 5.74) is 2.11. The Morgan fingerprint density at radius 2 is 1.60 bits per heavy atom. The molecule has 1 N–H and O–H groups in total. The van der Waals surface area contributed by atoms with Crippen molar-refractivity contribution < 1.29 is 31.9 Å². The molecule has 6 rings (SSSR count). The van der Waals surface area contributed by atoms with Crippen LogP contribution >= 0.6 is 0 Å². The molecule has 2 aliphatic heterocycles. The molecule has 4 aromatic rings. The third kappa shape index (κ3) is 5.70. The number of benzodiazepines with no additional fused rings is 1. The highest BCUT2D eigenvalue weighted by Crippen LogP contribution is 2.33. The molecule has 2 aliphatic rings. The van der Waals surface area contributed by atoms with Gasteiger partial charge in [-0.1, -0.05) is 60.7 Å². The fourth-order valence-electron chi connectivity index (χ4n) is 5.69. The number of nitrogens with one attached hydrogen (secondary N) is 1. The number of amides is 2. The number of ether oxygens (including phenoxy) is 1. The van der Waals surface area contributed by atoms with Crippen LogP contribution < -0.4 is 19.9 Å². The Morgan fingerprint density at radius 1 is 0.933 bits per heavy atom. The Morgan fingerprint density at radius 3 is 2.29 bits per heavy atom. The van der Waals surface area contributed by atoms with E-state index in [0.29, 0.717) is 34.7 Å². The van der Waals surface area contributed by atoms with Gasteiger partial charge in [-0.3, -0.25) is 9.59 Å². The lowest BCUT2D eigenvalue weighted by Gasteiger charge is -2.29. The van der Waals surface area contributed by atoms with Crippen LogP contribution in [0.5, 0.6) is 5.75 Å². The van der Waals surface area contributed by atoms with E-state index in [4.69, 9.17) is 9.73 Å². The van der Waals surface area contributed by atoms with E-state index >= 15 is 0 Å². The van der Waals surface area contributed by atoms with Crippen LogP contribution in [-0.2, 0) is 16.1 Å². The molecule has 3 aromatic carbocycles. The van der Waals surface area contributed by atoms with Crippen LogP contribution in [0.15, 0.2) is 83.9 Å². The van der Waals surface area contributed by atoms with Crippen LogP contribution in [0.25, 0.3) is 0 Å². The molecule has 8 nitrogen and oxygen atoms in total. The molecule has 0 saturated carbocycles. The number of rotatable bonds is 7. The number of nitrogens with zero attached hydrogens (tertiary/aromatic N) is 4. The van der Waals surface area contributed by atoms with Crippen LogP contribution in [0.2, 0.25) is 0 Å². The summed E-state index contributed by atoms with van der Waals surface area (Å²) in [6.45, 7) is 0.0757. The number of halogens is 4. The first-order valence-corrected chi connectivity index (χ1v) is 14.2. The molecule has 1 aromatic heterocycles. The van der Waals surface area contributed by atoms with Gasteiger partial charge < -0.3 is 19.9 Å². The zero-order chi connectivity index (χ0) is 31.7. The van der Waals surface area contributed by atoms with Crippen LogP contribution in [0.4, 0.5) is 28.9 Å². The van der Waals surface area contributed by atoms with Crippen molar-refractivity contribution in [3.8, 4) is 5.75 Å². The van der Waals surface area contributed by atoms with Gasteiger partial charge in [-0.15, -0.1) is 0 Å². The van der Waals surface area contributed by atoms with Crippen molar-refractivity contribution in [3.05, 3.63) is 119 Å². The molecule has 45 heavy (non-hydrogen) atoms. The number of hydrogen-bond donors (Lipinski definition) is 1. The molecule has 12 heteroatoms. The maximum atomic E-state index is 14.7. The van der Waals surface area contributed by atoms with Gasteiger partial charge in [0.2, 0.25) is 23.7 Å². The van der Waals surface area contributed by atoms with Crippen molar-refractivity contribution in [2.45, 2.75) is 31.6 Å². The highest BCUT2D eigenvalue weighted by atomic mass is 19.2. The monoisotopic (exact) mass is 617 g/mol. The van der Waals surface area contributed by atoms with E-state index in [0.717, 1.165) is 10.5 Å². The summed E-state index contributed by atoms with van der Waals surface area (Å²) in [6, 6.07) is 22.3. The normalized spacial score (nSPS) is 17.9. The number of aliphatic imine (C=N–C) groups is 1. The number of methoxy groups -OCH3 is 1. The summed E-state index contributed by atoms with van der Waals surface area (Å²) in [4.78, 5) is 37.8. The molecule has 0 spiro atoms. The lowest BCUT2D eigenvalue weighted by atomic mass is 10.00. The molecule has 2 atom stereocenters. The molecule has 0 bridgehead atoms. The molecule has 3 heterocycles. The standard InChI is InChI=1S/C33H27F4N5O3/c1-45-21-15-13-19(14-16-21)18-42-23-11-6-5-10-22(23)27(20-8-3-2-4-9-20)38-31(33(42)44)40-32(43)24-12-7-17-41(24)28-25(34)29(36)39-30(37)26(28)35/h2-6,8-11,13-16,24,31H,7,12,17-18H2,1H3,(H,40,43)/t24-,31+/m0/s1. The van der Waals surface area contributed by atoms with Gasteiger partial charge in [-0.05, 0) is 36.6 Å². The van der Waals surface area contributed by atoms with Crippen LogP contribution in [0, 0.1) is 23.5 Å². The molecule has 1 saturated heterocycles. The Hall–Kier alpha value is -5.26. The van der Waals surface area contributed by atoms with Gasteiger partial charge in [-0.2, -0.15) is 22.5 Å². The predicted octanol–water partition coefficient (Wildman–Crippen LogP) is 5.14. The smallest absolute Gasteiger partial charge is 0.272 e. The maximum absolute atomic E-state index is 14.7. The van der Waals surface area contributed by atoms with Crippen molar-refractivity contribution >= 4 is 28.9 Å². The summed E-state index contributed by atoms with van der Waals surface area (Å²) in [6.07, 6.45) is -1.03. The van der Waals surface area contributed by atoms with E-state index in [9.17, 15) is 27.2 Å². The summed E-state index contributed by atoms with van der Waals surface area (Å²) in [5.74, 6) is -7.75. The summed E-state index contributed by atoms with van der Waals surface area (Å²) >= 11 is 0. The van der Waals surface area contributed by atoms with Crippen molar-refractivity contribution in [1.82, 2.24) is 10.3 Å². The Balaban J connectivity index is 1.39. The van der Waals surface area contributed by atoms with Gasteiger partial charge in [-0.25, -0.2) is 4.99 Å². The minimum Gasteiger partial charge on any atom is -0.497 e. The summed E-state index contributed by atoms with van der Waals surface area (Å²) in [7, 11) is 1.55. The average molecular weight is 618 g/mol. The lowest BCUT2D eigenvalue weighted by Crippen LogP contribution is -2.52. The number of carbonyl (C=O) groups excluding carboxylic acids is 2.